The van der Waals surface area contributed by atoms with E-state index in [1.807, 2.05) is 30.5 Å². The van der Waals surface area contributed by atoms with Crippen LogP contribution >= 0.6 is 0 Å². The quantitative estimate of drug-likeness (QED) is 0.470. The van der Waals surface area contributed by atoms with Gasteiger partial charge in [0.05, 0.1) is 20.8 Å². The third-order valence-corrected chi connectivity index (χ3v) is 6.17. The molecular weight excluding hydrogens is 411 g/mol. The Labute approximate surface area is 185 Å². The number of likely N-dealkylation sites (tertiary alicyclic amines) is 1. The molecule has 1 N–H and O–H groups in total. The first-order valence-corrected chi connectivity index (χ1v) is 10.7. The highest BCUT2D eigenvalue weighted by atomic mass is 19.1. The fourth-order valence-electron chi connectivity index (χ4n) is 4.46. The van der Waals surface area contributed by atoms with Crippen LogP contribution < -0.4 is 9.47 Å². The zero-order chi connectivity index (χ0) is 22.1. The molecule has 1 aliphatic heterocycles. The molecule has 2 aromatic heterocycles. The summed E-state index contributed by atoms with van der Waals surface area (Å²) in [6.45, 7) is 2.49. The molecule has 3 heterocycles. The fraction of sp³-hybridized carbons (Fsp3) is 0.333. The average molecular weight is 436 g/mol. The minimum Gasteiger partial charge on any atom is -0.493 e. The molecule has 0 bridgehead atoms. The van der Waals surface area contributed by atoms with E-state index in [1.165, 1.54) is 11.6 Å². The van der Waals surface area contributed by atoms with Crippen molar-refractivity contribution in [2.75, 3.05) is 27.3 Å². The van der Waals surface area contributed by atoms with Crippen LogP contribution in [0.3, 0.4) is 0 Å². The van der Waals surface area contributed by atoms with E-state index >= 15 is 0 Å². The van der Waals surface area contributed by atoms with Gasteiger partial charge in [0, 0.05) is 22.7 Å². The number of hydrogen-bond donors (Lipinski definition) is 1. The van der Waals surface area contributed by atoms with Crippen molar-refractivity contribution in [1.82, 2.24) is 20.0 Å². The van der Waals surface area contributed by atoms with E-state index in [0.717, 1.165) is 42.4 Å². The van der Waals surface area contributed by atoms with Gasteiger partial charge in [0.25, 0.3) is 0 Å². The standard InChI is InChI=1S/C24H25FN4O3/c1-30-21-6-3-16(11-22(21)31-2)24-27-23(32-28-24)14-29-9-7-15(8-10-29)19-13-26-20-12-17(25)4-5-18(19)20/h3-6,11-13,15,26H,7-10,14H2,1-2H3. The minimum absolute atomic E-state index is 0.215. The first-order chi connectivity index (χ1) is 15.6. The Balaban J connectivity index is 1.23. The van der Waals surface area contributed by atoms with E-state index in [-0.39, 0.29) is 5.82 Å². The Morgan fingerprint density at radius 1 is 1.09 bits per heavy atom. The molecule has 5 rings (SSSR count). The molecule has 8 heteroatoms. The van der Waals surface area contributed by atoms with Crippen LogP contribution in [-0.2, 0) is 6.54 Å². The van der Waals surface area contributed by atoms with Crippen LogP contribution in [0.25, 0.3) is 22.3 Å². The first kappa shape index (κ1) is 20.5. The Morgan fingerprint density at radius 3 is 2.69 bits per heavy atom. The third kappa shape index (κ3) is 3.93. The van der Waals surface area contributed by atoms with Crippen molar-refractivity contribution in [2.45, 2.75) is 25.3 Å². The van der Waals surface area contributed by atoms with Gasteiger partial charge in [-0.1, -0.05) is 5.16 Å². The smallest absolute Gasteiger partial charge is 0.241 e. The largest absolute Gasteiger partial charge is 0.493 e. The van der Waals surface area contributed by atoms with Crippen LogP contribution in [0.4, 0.5) is 4.39 Å². The molecule has 1 aliphatic rings. The highest BCUT2D eigenvalue weighted by molar-refractivity contribution is 5.83. The third-order valence-electron chi connectivity index (χ3n) is 6.17. The zero-order valence-corrected chi connectivity index (χ0v) is 18.1. The number of nitrogens with one attached hydrogen (secondary N) is 1. The topological polar surface area (TPSA) is 76.4 Å². The van der Waals surface area contributed by atoms with Crippen molar-refractivity contribution in [1.29, 1.82) is 0 Å². The van der Waals surface area contributed by atoms with Crippen molar-refractivity contribution in [3.63, 3.8) is 0 Å². The fourth-order valence-corrected chi connectivity index (χ4v) is 4.46. The summed E-state index contributed by atoms with van der Waals surface area (Å²) in [4.78, 5) is 10.1. The van der Waals surface area contributed by atoms with Gasteiger partial charge in [-0.3, -0.25) is 4.90 Å². The van der Waals surface area contributed by atoms with E-state index in [2.05, 4.69) is 20.0 Å². The highest BCUT2D eigenvalue weighted by Gasteiger charge is 2.24. The lowest BCUT2D eigenvalue weighted by Gasteiger charge is -2.30. The molecule has 0 amide bonds. The molecule has 0 unspecified atom stereocenters. The van der Waals surface area contributed by atoms with Gasteiger partial charge in [0.1, 0.15) is 5.82 Å². The number of ether oxygens (including phenoxy) is 2. The summed E-state index contributed by atoms with van der Waals surface area (Å²) in [5.74, 6) is 2.64. The number of nitrogens with zero attached hydrogens (tertiary/aromatic N) is 3. The number of aromatic nitrogens is 3. The van der Waals surface area contributed by atoms with E-state index in [4.69, 9.17) is 14.0 Å². The molecule has 0 radical (unpaired) electrons. The molecular formula is C24H25FN4O3. The number of benzene rings is 2. The van der Waals surface area contributed by atoms with Gasteiger partial charge >= 0.3 is 0 Å². The van der Waals surface area contributed by atoms with Crippen LogP contribution in [0.2, 0.25) is 0 Å². The molecule has 2 aromatic carbocycles. The number of H-pyrrole nitrogens is 1. The van der Waals surface area contributed by atoms with Gasteiger partial charge in [-0.25, -0.2) is 4.39 Å². The summed E-state index contributed by atoms with van der Waals surface area (Å²) < 4.78 is 29.6. The zero-order valence-electron chi connectivity index (χ0n) is 18.1. The molecule has 0 atom stereocenters. The van der Waals surface area contributed by atoms with Gasteiger partial charge in [-0.05, 0) is 73.8 Å². The summed E-state index contributed by atoms with van der Waals surface area (Å²) in [5, 5.41) is 5.25. The molecule has 0 saturated carbocycles. The number of fused-ring (bicyclic) bond motifs is 1. The first-order valence-electron chi connectivity index (χ1n) is 10.7. The van der Waals surface area contributed by atoms with E-state index in [0.29, 0.717) is 35.7 Å². The van der Waals surface area contributed by atoms with Gasteiger partial charge < -0.3 is 19.0 Å². The highest BCUT2D eigenvalue weighted by Crippen LogP contribution is 2.34. The predicted molar refractivity (Wildman–Crippen MR) is 118 cm³/mol. The van der Waals surface area contributed by atoms with Crippen molar-refractivity contribution >= 4 is 10.9 Å². The Morgan fingerprint density at radius 2 is 1.91 bits per heavy atom. The maximum atomic E-state index is 13.5. The van der Waals surface area contributed by atoms with Crippen LogP contribution in [0.15, 0.2) is 47.1 Å². The Bertz CT molecular complexity index is 1230. The monoisotopic (exact) mass is 436 g/mol. The molecule has 0 aliphatic carbocycles. The summed E-state index contributed by atoms with van der Waals surface area (Å²) in [6.07, 6.45) is 4.08. The van der Waals surface area contributed by atoms with Crippen LogP contribution in [0.1, 0.15) is 30.2 Å². The van der Waals surface area contributed by atoms with Gasteiger partial charge in [0.2, 0.25) is 11.7 Å². The van der Waals surface area contributed by atoms with Crippen molar-refractivity contribution in [3.05, 3.63) is 59.9 Å². The summed E-state index contributed by atoms with van der Waals surface area (Å²) in [5.41, 5.74) is 2.94. The molecule has 1 fully saturated rings. The van der Waals surface area contributed by atoms with Crippen LogP contribution in [0, 0.1) is 5.82 Å². The Kier molecular flexibility index (Phi) is 5.53. The van der Waals surface area contributed by atoms with E-state index in [9.17, 15) is 4.39 Å². The molecule has 4 aromatic rings. The number of hydrogen-bond acceptors (Lipinski definition) is 6. The normalized spacial score (nSPS) is 15.3. The molecule has 1 saturated heterocycles. The van der Waals surface area contributed by atoms with Crippen molar-refractivity contribution in [3.8, 4) is 22.9 Å². The average Bonchev–Trinajstić information content (AvgIpc) is 3.46. The maximum absolute atomic E-state index is 13.5. The lowest BCUT2D eigenvalue weighted by atomic mass is 9.89. The van der Waals surface area contributed by atoms with E-state index < -0.39 is 0 Å². The molecule has 32 heavy (non-hydrogen) atoms. The SMILES string of the molecule is COc1ccc(-c2noc(CN3CCC(c4c[nH]c5cc(F)ccc45)CC3)n2)cc1OC. The number of aromatic amines is 1. The van der Waals surface area contributed by atoms with E-state index in [1.54, 1.807) is 20.3 Å². The summed E-state index contributed by atoms with van der Waals surface area (Å²) >= 11 is 0. The number of rotatable bonds is 6. The number of methoxy groups -OCH3 is 2. The number of piperidine rings is 1. The van der Waals surface area contributed by atoms with Gasteiger partial charge in [-0.2, -0.15) is 4.98 Å². The minimum atomic E-state index is -0.215. The van der Waals surface area contributed by atoms with Crippen LogP contribution in [0.5, 0.6) is 11.5 Å². The predicted octanol–water partition coefficient (Wildman–Crippen LogP) is 4.75. The van der Waals surface area contributed by atoms with Crippen molar-refractivity contribution in [2.24, 2.45) is 0 Å². The molecule has 0 spiro atoms. The van der Waals surface area contributed by atoms with Gasteiger partial charge in [-0.15, -0.1) is 0 Å². The summed E-state index contributed by atoms with van der Waals surface area (Å²) in [6, 6.07) is 10.5. The second kappa shape index (κ2) is 8.63. The molecule has 166 valence electrons. The Hall–Kier alpha value is -3.39. The second-order valence-electron chi connectivity index (χ2n) is 8.07. The lowest BCUT2D eigenvalue weighted by molar-refractivity contribution is 0.181. The summed E-state index contributed by atoms with van der Waals surface area (Å²) in [7, 11) is 3.20. The maximum Gasteiger partial charge on any atom is 0.241 e. The van der Waals surface area contributed by atoms with Crippen LogP contribution in [-0.4, -0.2) is 47.3 Å². The second-order valence-corrected chi connectivity index (χ2v) is 8.07. The lowest BCUT2D eigenvalue weighted by Crippen LogP contribution is -2.32. The van der Waals surface area contributed by atoms with Crippen molar-refractivity contribution < 1.29 is 18.4 Å². The molecule has 7 nitrogen and oxygen atoms in total. The number of halogens is 1. The van der Waals surface area contributed by atoms with Gasteiger partial charge in [0.15, 0.2) is 11.5 Å².